The van der Waals surface area contributed by atoms with E-state index in [1.807, 2.05) is 4.90 Å². The van der Waals surface area contributed by atoms with Crippen LogP contribution in [0.15, 0.2) is 11.3 Å². The van der Waals surface area contributed by atoms with E-state index < -0.39 is 0 Å². The van der Waals surface area contributed by atoms with Crippen molar-refractivity contribution in [3.63, 3.8) is 0 Å². The molecule has 0 bridgehead atoms. The van der Waals surface area contributed by atoms with Crippen LogP contribution in [0.4, 0.5) is 0 Å². The molecule has 1 aromatic heterocycles. The number of methoxy groups -OCH3 is 1. The number of carbonyl (C=O) groups is 1. The molecule has 1 fully saturated rings. The van der Waals surface area contributed by atoms with Crippen LogP contribution in [0.2, 0.25) is 0 Å². The average Bonchev–Trinajstić information content (AvgIpc) is 3.11. The van der Waals surface area contributed by atoms with Gasteiger partial charge in [0.05, 0.1) is 0 Å². The summed E-state index contributed by atoms with van der Waals surface area (Å²) in [5.74, 6) is 2.02. The summed E-state index contributed by atoms with van der Waals surface area (Å²) in [6, 6.07) is 0. The van der Waals surface area contributed by atoms with Crippen molar-refractivity contribution in [1.82, 2.24) is 29.9 Å². The molecule has 2 heterocycles. The molecule has 9 nitrogen and oxygen atoms in total. The monoisotopic (exact) mass is 365 g/mol. The van der Waals surface area contributed by atoms with Crippen LogP contribution >= 0.6 is 0 Å². The van der Waals surface area contributed by atoms with Gasteiger partial charge in [-0.05, 0) is 6.42 Å². The number of aliphatic imine (C=N–C) groups is 1. The Balaban J connectivity index is 1.90. The van der Waals surface area contributed by atoms with Gasteiger partial charge in [-0.25, -0.2) is 0 Å². The van der Waals surface area contributed by atoms with Crippen LogP contribution in [-0.4, -0.2) is 89.4 Å². The predicted octanol–water partition coefficient (Wildman–Crippen LogP) is -0.0133. The van der Waals surface area contributed by atoms with Gasteiger partial charge in [0, 0.05) is 72.9 Å². The van der Waals surface area contributed by atoms with Crippen molar-refractivity contribution in [2.45, 2.75) is 33.2 Å². The normalized spacial score (nSPS) is 15.4. The number of amides is 1. The Bertz CT molecular complexity index is 579. The van der Waals surface area contributed by atoms with E-state index in [1.165, 1.54) is 0 Å². The highest BCUT2D eigenvalue weighted by Crippen LogP contribution is 2.03. The summed E-state index contributed by atoms with van der Waals surface area (Å²) in [7, 11) is 1.70. The number of hydrogen-bond acceptors (Lipinski definition) is 5. The molecule has 0 saturated carbocycles. The molecule has 1 aliphatic rings. The lowest BCUT2D eigenvalue weighted by Gasteiger charge is -2.36. The second kappa shape index (κ2) is 10.7. The number of nitrogens with zero attached hydrogens (tertiary/aromatic N) is 6. The number of ether oxygens (including phenoxy) is 1. The molecule has 0 aliphatic carbocycles. The smallest absolute Gasteiger partial charge is 0.219 e. The number of aryl methyl sites for hydroxylation is 1. The van der Waals surface area contributed by atoms with Crippen molar-refractivity contribution < 1.29 is 9.53 Å². The molecule has 2 rings (SSSR count). The van der Waals surface area contributed by atoms with Gasteiger partial charge in [-0.2, -0.15) is 0 Å². The van der Waals surface area contributed by atoms with Gasteiger partial charge in [0.15, 0.2) is 5.96 Å². The second-order valence-corrected chi connectivity index (χ2v) is 6.27. The van der Waals surface area contributed by atoms with Gasteiger partial charge >= 0.3 is 0 Å². The molecular weight excluding hydrogens is 334 g/mol. The van der Waals surface area contributed by atoms with Crippen LogP contribution in [0.3, 0.4) is 0 Å². The molecule has 0 atom stereocenters. The highest BCUT2D eigenvalue weighted by Gasteiger charge is 2.21. The third-order valence-corrected chi connectivity index (χ3v) is 4.44. The summed E-state index contributed by atoms with van der Waals surface area (Å²) in [6.45, 7) is 9.72. The topological polar surface area (TPSA) is 87.9 Å². The number of aromatic nitrogens is 3. The Labute approximate surface area is 155 Å². The molecule has 1 amide bonds. The number of hydrogen-bond donors (Lipinski definition) is 1. The average molecular weight is 365 g/mol. The molecule has 1 aromatic rings. The number of carbonyl (C=O) groups excluding carboxylic acids is 1. The predicted molar refractivity (Wildman–Crippen MR) is 100 cm³/mol. The van der Waals surface area contributed by atoms with Crippen molar-refractivity contribution in [3.05, 3.63) is 12.2 Å². The number of nitrogens with one attached hydrogen (secondary N) is 1. The van der Waals surface area contributed by atoms with E-state index in [9.17, 15) is 4.79 Å². The Morgan fingerprint density at radius 3 is 2.69 bits per heavy atom. The van der Waals surface area contributed by atoms with Crippen LogP contribution in [-0.2, 0) is 22.5 Å². The Hall–Kier alpha value is -2.16. The molecular formula is C17H31N7O2. The fourth-order valence-electron chi connectivity index (χ4n) is 2.92. The first-order chi connectivity index (χ1) is 12.7. The maximum atomic E-state index is 11.5. The first-order valence-corrected chi connectivity index (χ1v) is 9.30. The molecule has 0 unspecified atom stereocenters. The van der Waals surface area contributed by atoms with Gasteiger partial charge in [0.25, 0.3) is 0 Å². The van der Waals surface area contributed by atoms with Gasteiger partial charge in [-0.1, -0.05) is 6.92 Å². The van der Waals surface area contributed by atoms with Crippen LogP contribution in [0.5, 0.6) is 0 Å². The molecule has 9 heteroatoms. The molecule has 0 spiro atoms. The number of rotatable bonds is 8. The fraction of sp³-hybridized carbons (Fsp3) is 0.765. The van der Waals surface area contributed by atoms with E-state index in [0.29, 0.717) is 6.61 Å². The van der Waals surface area contributed by atoms with E-state index in [-0.39, 0.29) is 5.91 Å². The summed E-state index contributed by atoms with van der Waals surface area (Å²) < 4.78 is 7.16. The maximum Gasteiger partial charge on any atom is 0.219 e. The first kappa shape index (κ1) is 20.2. The largest absolute Gasteiger partial charge is 0.385 e. The molecule has 1 saturated heterocycles. The highest BCUT2D eigenvalue weighted by molar-refractivity contribution is 5.80. The van der Waals surface area contributed by atoms with E-state index in [1.54, 1.807) is 20.4 Å². The summed E-state index contributed by atoms with van der Waals surface area (Å²) >= 11 is 0. The van der Waals surface area contributed by atoms with Crippen molar-refractivity contribution in [2.75, 3.05) is 53.0 Å². The van der Waals surface area contributed by atoms with Gasteiger partial charge in [-0.3, -0.25) is 9.79 Å². The van der Waals surface area contributed by atoms with Gasteiger partial charge in [0.2, 0.25) is 5.91 Å². The van der Waals surface area contributed by atoms with E-state index >= 15 is 0 Å². The summed E-state index contributed by atoms with van der Waals surface area (Å²) in [5, 5.41) is 11.5. The quantitative estimate of drug-likeness (QED) is 0.396. The fourth-order valence-corrected chi connectivity index (χ4v) is 2.92. The lowest BCUT2D eigenvalue weighted by molar-refractivity contribution is -0.130. The zero-order chi connectivity index (χ0) is 18.8. The van der Waals surface area contributed by atoms with Gasteiger partial charge in [0.1, 0.15) is 12.2 Å². The van der Waals surface area contributed by atoms with Crippen molar-refractivity contribution in [1.29, 1.82) is 0 Å². The molecule has 146 valence electrons. The maximum absolute atomic E-state index is 11.5. The van der Waals surface area contributed by atoms with Crippen molar-refractivity contribution in [3.8, 4) is 0 Å². The third-order valence-electron chi connectivity index (χ3n) is 4.44. The Morgan fingerprint density at radius 2 is 2.04 bits per heavy atom. The molecule has 0 aromatic carbocycles. The Kier molecular flexibility index (Phi) is 8.33. The summed E-state index contributed by atoms with van der Waals surface area (Å²) in [5.41, 5.74) is 0. The van der Waals surface area contributed by atoms with Crippen molar-refractivity contribution in [2.24, 2.45) is 4.99 Å². The zero-order valence-corrected chi connectivity index (χ0v) is 16.1. The van der Waals surface area contributed by atoms with E-state index in [2.05, 4.69) is 31.9 Å². The summed E-state index contributed by atoms with van der Waals surface area (Å²) in [6.07, 6.45) is 3.52. The van der Waals surface area contributed by atoms with Crippen LogP contribution < -0.4 is 5.32 Å². The van der Waals surface area contributed by atoms with Crippen molar-refractivity contribution >= 4 is 11.9 Å². The Morgan fingerprint density at radius 1 is 1.31 bits per heavy atom. The van der Waals surface area contributed by atoms with E-state index in [0.717, 1.165) is 70.4 Å². The number of piperazine rings is 1. The molecule has 1 aliphatic heterocycles. The second-order valence-electron chi connectivity index (χ2n) is 6.27. The van der Waals surface area contributed by atoms with E-state index in [4.69, 9.17) is 9.73 Å². The lowest BCUT2D eigenvalue weighted by Crippen LogP contribution is -2.53. The third kappa shape index (κ3) is 5.98. The van der Waals surface area contributed by atoms with Crippen LogP contribution in [0.1, 0.15) is 26.1 Å². The molecule has 26 heavy (non-hydrogen) atoms. The summed E-state index contributed by atoms with van der Waals surface area (Å²) in [4.78, 5) is 20.3. The molecule has 1 N–H and O–H groups in total. The van der Waals surface area contributed by atoms with Crippen LogP contribution in [0, 0.1) is 0 Å². The van der Waals surface area contributed by atoms with Crippen LogP contribution in [0.25, 0.3) is 0 Å². The lowest BCUT2D eigenvalue weighted by atomic mass is 10.3. The first-order valence-electron chi connectivity index (χ1n) is 9.30. The molecule has 0 radical (unpaired) electrons. The van der Waals surface area contributed by atoms with Gasteiger partial charge in [-0.15, -0.1) is 10.2 Å². The highest BCUT2D eigenvalue weighted by atomic mass is 16.5. The minimum Gasteiger partial charge on any atom is -0.385 e. The van der Waals surface area contributed by atoms with Gasteiger partial charge < -0.3 is 24.4 Å². The minimum atomic E-state index is 0.135. The zero-order valence-electron chi connectivity index (χ0n) is 16.1. The number of guanidine groups is 1. The SMILES string of the molecule is CCc1nncn1CCNC(=NCCCOC)N1CCN(C(C)=O)CC1. The standard InChI is InChI=1S/C17H31N7O2/c1-4-16-21-20-14-24(16)8-7-19-17(18-6-5-13-26-3)23-11-9-22(10-12-23)15(2)25/h14H,4-13H2,1-3H3,(H,18,19). The minimum absolute atomic E-state index is 0.135.